The Labute approximate surface area is 206 Å². The van der Waals surface area contributed by atoms with Crippen LogP contribution >= 0.6 is 11.8 Å². The molecule has 1 fully saturated rings. The first kappa shape index (κ1) is 21.8. The first-order valence-electron chi connectivity index (χ1n) is 11.5. The molecule has 1 saturated heterocycles. The summed E-state index contributed by atoms with van der Waals surface area (Å²) >= 11 is 1.66. The molecule has 35 heavy (non-hydrogen) atoms. The third kappa shape index (κ3) is 3.84. The molecule has 8 heteroatoms. The lowest BCUT2D eigenvalue weighted by molar-refractivity contribution is -0.127. The predicted octanol–water partition coefficient (Wildman–Crippen LogP) is 4.63. The molecular weight excluding hydrogens is 458 g/mol. The van der Waals surface area contributed by atoms with Gasteiger partial charge in [0.2, 0.25) is 5.91 Å². The van der Waals surface area contributed by atoms with E-state index in [1.807, 2.05) is 40.8 Å². The maximum Gasteiger partial charge on any atom is 0.228 e. The van der Waals surface area contributed by atoms with E-state index in [-0.39, 0.29) is 5.91 Å². The Hall–Kier alpha value is -3.75. The minimum atomic E-state index is -0.667. The van der Waals surface area contributed by atoms with E-state index < -0.39 is 5.41 Å². The highest BCUT2D eigenvalue weighted by Gasteiger charge is 2.40. The highest BCUT2D eigenvalue weighted by atomic mass is 32.2. The number of hydrogen-bond acceptors (Lipinski definition) is 6. The van der Waals surface area contributed by atoms with Gasteiger partial charge in [-0.05, 0) is 78.4 Å². The van der Waals surface area contributed by atoms with Crippen molar-refractivity contribution in [3.63, 3.8) is 0 Å². The van der Waals surface area contributed by atoms with Crippen molar-refractivity contribution in [3.8, 4) is 11.5 Å². The highest BCUT2D eigenvalue weighted by Crippen LogP contribution is 2.38. The predicted molar refractivity (Wildman–Crippen MR) is 135 cm³/mol. The molecule has 7 nitrogen and oxygen atoms in total. The van der Waals surface area contributed by atoms with E-state index in [0.717, 1.165) is 37.6 Å². The number of fused-ring (bicyclic) bond motifs is 3. The van der Waals surface area contributed by atoms with Crippen molar-refractivity contribution in [2.24, 2.45) is 5.73 Å². The number of benzene rings is 2. The van der Waals surface area contributed by atoms with Crippen molar-refractivity contribution < 1.29 is 9.53 Å². The number of nitrogens with zero attached hydrogens (tertiary/aromatic N) is 4. The summed E-state index contributed by atoms with van der Waals surface area (Å²) in [5, 5.41) is 9.79. The largest absolute Gasteiger partial charge is 0.381 e. The van der Waals surface area contributed by atoms with Crippen LogP contribution < -0.4 is 5.73 Å². The average Bonchev–Trinajstić information content (AvgIpc) is 3.34. The average molecular weight is 482 g/mol. The maximum atomic E-state index is 12.5. The lowest BCUT2D eigenvalue weighted by Gasteiger charge is -2.34. The van der Waals surface area contributed by atoms with Crippen molar-refractivity contribution in [1.82, 2.24) is 19.6 Å². The number of rotatable bonds is 5. The Morgan fingerprint density at radius 3 is 2.60 bits per heavy atom. The lowest BCUT2D eigenvalue weighted by Crippen LogP contribution is -2.45. The molecule has 4 heterocycles. The Morgan fingerprint density at radius 1 is 0.943 bits per heavy atom. The van der Waals surface area contributed by atoms with Crippen molar-refractivity contribution in [2.75, 3.05) is 13.2 Å². The summed E-state index contributed by atoms with van der Waals surface area (Å²) in [4.78, 5) is 19.1. The van der Waals surface area contributed by atoms with Gasteiger partial charge in [0, 0.05) is 29.2 Å². The third-order valence-electron chi connectivity index (χ3n) is 6.67. The molecule has 0 saturated carbocycles. The van der Waals surface area contributed by atoms with E-state index in [1.165, 1.54) is 0 Å². The monoisotopic (exact) mass is 481 g/mol. The van der Waals surface area contributed by atoms with Gasteiger partial charge in [0.25, 0.3) is 0 Å². The number of carbonyl (C=O) groups excluding carboxylic acids is 1. The van der Waals surface area contributed by atoms with Gasteiger partial charge in [0.1, 0.15) is 5.69 Å². The van der Waals surface area contributed by atoms with Crippen LogP contribution in [-0.4, -0.2) is 38.7 Å². The topological polar surface area (TPSA) is 95.4 Å². The van der Waals surface area contributed by atoms with E-state index in [2.05, 4.69) is 51.6 Å². The zero-order valence-corrected chi connectivity index (χ0v) is 19.7. The summed E-state index contributed by atoms with van der Waals surface area (Å²) in [6, 6.07) is 24.3. The van der Waals surface area contributed by atoms with Gasteiger partial charge >= 0.3 is 0 Å². The Bertz CT molecular complexity index is 1540. The van der Waals surface area contributed by atoms with Crippen molar-refractivity contribution in [3.05, 3.63) is 84.6 Å². The fraction of sp³-hybridized carbons (Fsp3) is 0.185. The maximum absolute atomic E-state index is 12.5. The number of primary amides is 1. The molecule has 5 aromatic rings. The standard InChI is InChI=1S/C27H23N5O2S/c28-26(33)27(11-14-34-15-12-27)19-4-3-5-20(17-19)35-21-8-9-23-18(16-21)7-10-24-30-31-25(32(23)24)22-6-1-2-13-29-22/h1-10,13,16-17H,11-12,14-15H2,(H2,28,33). The summed E-state index contributed by atoms with van der Waals surface area (Å²) in [6.45, 7) is 1.09. The number of ether oxygens (including phenoxy) is 1. The fourth-order valence-corrected chi connectivity index (χ4v) is 5.72. The number of carbonyl (C=O) groups is 1. The molecule has 1 aliphatic heterocycles. The number of amides is 1. The molecule has 2 aromatic carbocycles. The van der Waals surface area contributed by atoms with Gasteiger partial charge in [-0.2, -0.15) is 0 Å². The van der Waals surface area contributed by atoms with Crippen LogP contribution in [0.25, 0.3) is 28.1 Å². The fourth-order valence-electron chi connectivity index (χ4n) is 4.79. The van der Waals surface area contributed by atoms with E-state index in [4.69, 9.17) is 10.5 Å². The molecule has 0 radical (unpaired) electrons. The summed E-state index contributed by atoms with van der Waals surface area (Å²) in [5.74, 6) is 0.433. The molecule has 0 spiro atoms. The summed E-state index contributed by atoms with van der Waals surface area (Å²) < 4.78 is 7.53. The van der Waals surface area contributed by atoms with Crippen LogP contribution in [0, 0.1) is 0 Å². The molecule has 0 aliphatic carbocycles. The van der Waals surface area contributed by atoms with E-state index >= 15 is 0 Å². The molecule has 3 aromatic heterocycles. The van der Waals surface area contributed by atoms with Gasteiger partial charge in [0.05, 0.1) is 10.9 Å². The number of aromatic nitrogens is 4. The smallest absolute Gasteiger partial charge is 0.228 e. The summed E-state index contributed by atoms with van der Waals surface area (Å²) in [7, 11) is 0. The van der Waals surface area contributed by atoms with Crippen LogP contribution in [0.4, 0.5) is 0 Å². The second kappa shape index (κ2) is 8.79. The van der Waals surface area contributed by atoms with E-state index in [9.17, 15) is 4.79 Å². The van der Waals surface area contributed by atoms with Crippen molar-refractivity contribution >= 4 is 34.2 Å². The lowest BCUT2D eigenvalue weighted by atomic mass is 9.73. The first-order valence-corrected chi connectivity index (χ1v) is 12.3. The third-order valence-corrected chi connectivity index (χ3v) is 7.65. The molecule has 0 bridgehead atoms. The first-order chi connectivity index (χ1) is 17.1. The number of nitrogens with two attached hydrogens (primary N) is 1. The van der Waals surface area contributed by atoms with Gasteiger partial charge in [-0.3, -0.25) is 14.2 Å². The minimum Gasteiger partial charge on any atom is -0.381 e. The quantitative estimate of drug-likeness (QED) is 0.393. The number of pyridine rings is 2. The van der Waals surface area contributed by atoms with Crippen LogP contribution in [-0.2, 0) is 14.9 Å². The molecule has 1 amide bonds. The number of hydrogen-bond donors (Lipinski definition) is 1. The zero-order chi connectivity index (χ0) is 23.8. The van der Waals surface area contributed by atoms with Gasteiger partial charge in [0.15, 0.2) is 11.5 Å². The van der Waals surface area contributed by atoms with Crippen LogP contribution in [0.5, 0.6) is 0 Å². The Balaban J connectivity index is 1.36. The van der Waals surface area contributed by atoms with Crippen LogP contribution in [0.1, 0.15) is 18.4 Å². The molecular formula is C27H23N5O2S. The zero-order valence-electron chi connectivity index (χ0n) is 18.9. The minimum absolute atomic E-state index is 0.282. The van der Waals surface area contributed by atoms with Gasteiger partial charge in [-0.25, -0.2) is 0 Å². The van der Waals surface area contributed by atoms with E-state index in [1.54, 1.807) is 18.0 Å². The molecule has 174 valence electrons. The highest BCUT2D eigenvalue weighted by molar-refractivity contribution is 7.99. The summed E-state index contributed by atoms with van der Waals surface area (Å²) in [5.41, 5.74) is 8.74. The van der Waals surface area contributed by atoms with Crippen LogP contribution in [0.2, 0.25) is 0 Å². The molecule has 6 rings (SSSR count). The van der Waals surface area contributed by atoms with Crippen LogP contribution in [0.15, 0.2) is 88.8 Å². The van der Waals surface area contributed by atoms with Gasteiger partial charge in [-0.1, -0.05) is 30.0 Å². The second-order valence-corrected chi connectivity index (χ2v) is 9.82. The normalized spacial score (nSPS) is 15.4. The van der Waals surface area contributed by atoms with Crippen molar-refractivity contribution in [1.29, 1.82) is 0 Å². The Kier molecular flexibility index (Phi) is 5.47. The second-order valence-electron chi connectivity index (χ2n) is 8.67. The van der Waals surface area contributed by atoms with Crippen LogP contribution in [0.3, 0.4) is 0 Å². The SMILES string of the molecule is NC(=O)C1(c2cccc(Sc3ccc4c(ccc5nnc(-c6ccccn6)n54)c3)c2)CCOCC1. The van der Waals surface area contributed by atoms with E-state index in [0.29, 0.717) is 31.9 Å². The molecule has 0 unspecified atom stereocenters. The molecule has 1 aliphatic rings. The molecule has 2 N–H and O–H groups in total. The van der Waals surface area contributed by atoms with Crippen molar-refractivity contribution in [2.45, 2.75) is 28.0 Å². The molecule has 0 atom stereocenters. The van der Waals surface area contributed by atoms with Gasteiger partial charge < -0.3 is 10.5 Å². The summed E-state index contributed by atoms with van der Waals surface area (Å²) in [6.07, 6.45) is 2.98. The van der Waals surface area contributed by atoms with Gasteiger partial charge in [-0.15, -0.1) is 10.2 Å². The Morgan fingerprint density at radius 2 is 1.80 bits per heavy atom.